The highest BCUT2D eigenvalue weighted by Crippen LogP contribution is 2.36. The lowest BCUT2D eigenvalue weighted by atomic mass is 10.1. The van der Waals surface area contributed by atoms with E-state index in [-0.39, 0.29) is 5.91 Å². The molecule has 0 aliphatic heterocycles. The molecule has 0 spiro atoms. The van der Waals surface area contributed by atoms with Gasteiger partial charge in [-0.3, -0.25) is 4.79 Å². The summed E-state index contributed by atoms with van der Waals surface area (Å²) in [5, 5.41) is 3.20. The second kappa shape index (κ2) is 9.19. The van der Waals surface area contributed by atoms with Crippen LogP contribution in [0.25, 0.3) is 6.08 Å². The number of hydrogen-bond donors (Lipinski definition) is 1. The zero-order valence-corrected chi connectivity index (χ0v) is 16.6. The Kier molecular flexibility index (Phi) is 6.96. The summed E-state index contributed by atoms with van der Waals surface area (Å²) < 4.78 is 21.0. The van der Waals surface area contributed by atoms with Crippen molar-refractivity contribution < 1.29 is 23.7 Å². The minimum atomic E-state index is -0.285. The van der Waals surface area contributed by atoms with Gasteiger partial charge in [0.2, 0.25) is 0 Å². The van der Waals surface area contributed by atoms with E-state index in [4.69, 9.17) is 30.5 Å². The van der Waals surface area contributed by atoms with E-state index in [1.54, 1.807) is 51.5 Å². The molecule has 0 unspecified atom stereocenters. The van der Waals surface area contributed by atoms with Gasteiger partial charge in [0.15, 0.2) is 11.5 Å². The number of nitrogens with one attached hydrogen (secondary N) is 1. The Morgan fingerprint density at radius 3 is 2.11 bits per heavy atom. The Labute approximate surface area is 163 Å². The maximum absolute atomic E-state index is 12.6. The topological polar surface area (TPSA) is 66.0 Å². The molecule has 1 N–H and O–H groups in total. The van der Waals surface area contributed by atoms with Gasteiger partial charge in [-0.25, -0.2) is 0 Å². The molecule has 0 atom stereocenters. The molecule has 7 heteroatoms. The van der Waals surface area contributed by atoms with Crippen LogP contribution in [0.2, 0.25) is 5.02 Å². The normalized spacial score (nSPS) is 11.0. The standard InChI is InChI=1S/C20H22ClNO5/c1-12(8-13-6-7-16(24-2)19(9-13)27-5)20(23)22-15-11-17(25-3)14(21)10-18(15)26-4/h6-11H,1-5H3,(H,22,23)/b12-8+. The second-order valence-corrected chi connectivity index (χ2v) is 5.99. The highest BCUT2D eigenvalue weighted by Gasteiger charge is 2.14. The molecule has 0 aromatic heterocycles. The summed E-state index contributed by atoms with van der Waals surface area (Å²) in [4.78, 5) is 12.6. The van der Waals surface area contributed by atoms with E-state index in [1.807, 2.05) is 6.07 Å². The van der Waals surface area contributed by atoms with Crippen molar-refractivity contribution in [1.29, 1.82) is 0 Å². The molecule has 2 aromatic carbocycles. The first-order valence-electron chi connectivity index (χ1n) is 8.06. The van der Waals surface area contributed by atoms with Gasteiger partial charge >= 0.3 is 0 Å². The van der Waals surface area contributed by atoms with Gasteiger partial charge in [0.1, 0.15) is 11.5 Å². The molecule has 0 heterocycles. The van der Waals surface area contributed by atoms with Gasteiger partial charge in [-0.2, -0.15) is 0 Å². The quantitative estimate of drug-likeness (QED) is 0.708. The van der Waals surface area contributed by atoms with E-state index in [0.717, 1.165) is 5.56 Å². The first kappa shape index (κ1) is 20.5. The molecule has 0 bridgehead atoms. The fraction of sp³-hybridized carbons (Fsp3) is 0.250. The molecule has 0 fully saturated rings. The van der Waals surface area contributed by atoms with Gasteiger partial charge in [-0.15, -0.1) is 0 Å². The van der Waals surface area contributed by atoms with Crippen molar-refractivity contribution in [1.82, 2.24) is 0 Å². The summed E-state index contributed by atoms with van der Waals surface area (Å²) in [6.45, 7) is 1.71. The number of benzene rings is 2. The van der Waals surface area contributed by atoms with Gasteiger partial charge in [-0.05, 0) is 30.7 Å². The molecule has 0 aliphatic rings. The van der Waals surface area contributed by atoms with Gasteiger partial charge in [0.05, 0.1) is 39.1 Å². The average molecular weight is 392 g/mol. The van der Waals surface area contributed by atoms with Crippen LogP contribution >= 0.6 is 11.6 Å². The van der Waals surface area contributed by atoms with Gasteiger partial charge in [0.25, 0.3) is 5.91 Å². The lowest BCUT2D eigenvalue weighted by Crippen LogP contribution is -2.13. The Bertz CT molecular complexity index is 864. The third-order valence-electron chi connectivity index (χ3n) is 3.87. The average Bonchev–Trinajstić information content (AvgIpc) is 2.68. The van der Waals surface area contributed by atoms with Crippen LogP contribution < -0.4 is 24.3 Å². The largest absolute Gasteiger partial charge is 0.495 e. The van der Waals surface area contributed by atoms with Crippen molar-refractivity contribution in [2.75, 3.05) is 33.8 Å². The van der Waals surface area contributed by atoms with Gasteiger partial charge < -0.3 is 24.3 Å². The van der Waals surface area contributed by atoms with E-state index in [1.165, 1.54) is 14.2 Å². The molecule has 6 nitrogen and oxygen atoms in total. The van der Waals surface area contributed by atoms with E-state index in [0.29, 0.717) is 39.3 Å². The van der Waals surface area contributed by atoms with Crippen LogP contribution in [0.1, 0.15) is 12.5 Å². The molecule has 2 rings (SSSR count). The molecule has 27 heavy (non-hydrogen) atoms. The van der Waals surface area contributed by atoms with Crippen molar-refractivity contribution in [3.63, 3.8) is 0 Å². The number of halogens is 1. The summed E-state index contributed by atoms with van der Waals surface area (Å²) in [6.07, 6.45) is 1.75. The first-order chi connectivity index (χ1) is 12.9. The molecular weight excluding hydrogens is 370 g/mol. The van der Waals surface area contributed by atoms with Crippen molar-refractivity contribution in [2.24, 2.45) is 0 Å². The fourth-order valence-corrected chi connectivity index (χ4v) is 2.67. The van der Waals surface area contributed by atoms with Crippen LogP contribution in [-0.2, 0) is 4.79 Å². The first-order valence-corrected chi connectivity index (χ1v) is 8.44. The van der Waals surface area contributed by atoms with Gasteiger partial charge in [-0.1, -0.05) is 17.7 Å². The molecule has 0 saturated carbocycles. The Balaban J connectivity index is 2.26. The second-order valence-electron chi connectivity index (χ2n) is 5.58. The minimum Gasteiger partial charge on any atom is -0.495 e. The van der Waals surface area contributed by atoms with Crippen molar-refractivity contribution >= 4 is 29.3 Å². The summed E-state index contributed by atoms with van der Waals surface area (Å²) in [5.74, 6) is 1.80. The summed E-state index contributed by atoms with van der Waals surface area (Å²) in [5.41, 5.74) is 1.77. The summed E-state index contributed by atoms with van der Waals surface area (Å²) >= 11 is 6.09. The van der Waals surface area contributed by atoms with Crippen molar-refractivity contribution in [3.05, 3.63) is 46.5 Å². The van der Waals surface area contributed by atoms with Crippen LogP contribution in [-0.4, -0.2) is 34.3 Å². The highest BCUT2D eigenvalue weighted by molar-refractivity contribution is 6.32. The Hall–Kier alpha value is -2.86. The predicted molar refractivity (Wildman–Crippen MR) is 106 cm³/mol. The number of carbonyl (C=O) groups is 1. The van der Waals surface area contributed by atoms with Crippen LogP contribution in [0.4, 0.5) is 5.69 Å². The third-order valence-corrected chi connectivity index (χ3v) is 4.17. The van der Waals surface area contributed by atoms with Crippen LogP contribution in [0.5, 0.6) is 23.0 Å². The number of rotatable bonds is 7. The fourth-order valence-electron chi connectivity index (χ4n) is 2.44. The predicted octanol–water partition coefficient (Wildman–Crippen LogP) is 4.42. The number of ether oxygens (including phenoxy) is 4. The molecule has 0 radical (unpaired) electrons. The molecule has 0 saturated heterocycles. The number of carbonyl (C=O) groups excluding carboxylic acids is 1. The monoisotopic (exact) mass is 391 g/mol. The highest BCUT2D eigenvalue weighted by atomic mass is 35.5. The van der Waals surface area contributed by atoms with Crippen LogP contribution in [0.3, 0.4) is 0 Å². The third kappa shape index (κ3) is 4.86. The Morgan fingerprint density at radius 1 is 0.889 bits per heavy atom. The van der Waals surface area contributed by atoms with Crippen LogP contribution in [0, 0.1) is 0 Å². The number of hydrogen-bond acceptors (Lipinski definition) is 5. The smallest absolute Gasteiger partial charge is 0.251 e. The maximum atomic E-state index is 12.6. The van der Waals surface area contributed by atoms with Crippen LogP contribution in [0.15, 0.2) is 35.9 Å². The lowest BCUT2D eigenvalue weighted by Gasteiger charge is -2.13. The molecule has 2 aromatic rings. The maximum Gasteiger partial charge on any atom is 0.251 e. The Morgan fingerprint density at radius 2 is 1.52 bits per heavy atom. The van der Waals surface area contributed by atoms with Crippen molar-refractivity contribution in [2.45, 2.75) is 6.92 Å². The molecule has 1 amide bonds. The van der Waals surface area contributed by atoms with E-state index >= 15 is 0 Å². The van der Waals surface area contributed by atoms with E-state index < -0.39 is 0 Å². The number of methoxy groups -OCH3 is 4. The molecule has 144 valence electrons. The minimum absolute atomic E-state index is 0.285. The van der Waals surface area contributed by atoms with E-state index in [9.17, 15) is 4.79 Å². The molecular formula is C20H22ClNO5. The number of amides is 1. The van der Waals surface area contributed by atoms with Gasteiger partial charge in [0, 0.05) is 17.7 Å². The summed E-state index contributed by atoms with van der Waals surface area (Å²) in [7, 11) is 6.13. The molecule has 0 aliphatic carbocycles. The zero-order chi connectivity index (χ0) is 20.0. The summed E-state index contributed by atoms with van der Waals surface area (Å²) in [6, 6.07) is 8.61. The SMILES string of the molecule is COc1cc(NC(=O)/C(C)=C/c2ccc(OC)c(OC)c2)c(OC)cc1Cl. The lowest BCUT2D eigenvalue weighted by molar-refractivity contribution is -0.112. The zero-order valence-electron chi connectivity index (χ0n) is 15.9. The number of anilines is 1. The van der Waals surface area contributed by atoms with Crippen molar-refractivity contribution in [3.8, 4) is 23.0 Å². The van der Waals surface area contributed by atoms with E-state index in [2.05, 4.69) is 5.32 Å².